The Morgan fingerprint density at radius 2 is 2.22 bits per heavy atom. The summed E-state index contributed by atoms with van der Waals surface area (Å²) in [6.07, 6.45) is 1.44. The highest BCUT2D eigenvalue weighted by Crippen LogP contribution is 2.09. The Morgan fingerprint density at radius 3 is 2.44 bits per heavy atom. The van der Waals surface area contributed by atoms with Gasteiger partial charge in [-0.3, -0.25) is 9.79 Å². The Hall–Kier alpha value is -0.860. The highest BCUT2D eigenvalue weighted by Gasteiger charge is 2.21. The standard InChI is InChI=1S/C6H10N2O/c1-7-5-3-4-6(9)8(5)2/h3-4H2,1-2H3/b7-5+. The summed E-state index contributed by atoms with van der Waals surface area (Å²) < 4.78 is 0. The molecule has 0 N–H and O–H groups in total. The van der Waals surface area contributed by atoms with E-state index in [-0.39, 0.29) is 5.91 Å². The van der Waals surface area contributed by atoms with E-state index >= 15 is 0 Å². The van der Waals surface area contributed by atoms with Gasteiger partial charge < -0.3 is 4.90 Å². The number of likely N-dealkylation sites (tertiary alicyclic amines) is 1. The number of nitrogens with zero attached hydrogens (tertiary/aromatic N) is 2. The molecule has 0 bridgehead atoms. The molecule has 1 aliphatic rings. The number of amides is 1. The first-order valence-corrected chi connectivity index (χ1v) is 2.98. The van der Waals surface area contributed by atoms with Crippen LogP contribution in [0.1, 0.15) is 12.8 Å². The van der Waals surface area contributed by atoms with Gasteiger partial charge in [0.2, 0.25) is 5.91 Å². The highest BCUT2D eigenvalue weighted by atomic mass is 16.2. The summed E-state index contributed by atoms with van der Waals surface area (Å²) in [5.41, 5.74) is 0. The molecule has 3 nitrogen and oxygen atoms in total. The Kier molecular flexibility index (Phi) is 1.51. The molecule has 1 fully saturated rings. The van der Waals surface area contributed by atoms with Gasteiger partial charge in [-0.15, -0.1) is 0 Å². The lowest BCUT2D eigenvalue weighted by Crippen LogP contribution is -2.23. The van der Waals surface area contributed by atoms with Gasteiger partial charge in [0, 0.05) is 26.9 Å². The van der Waals surface area contributed by atoms with Crippen LogP contribution in [0, 0.1) is 0 Å². The summed E-state index contributed by atoms with van der Waals surface area (Å²) in [6.45, 7) is 0. The predicted octanol–water partition coefficient (Wildman–Crippen LogP) is 0.267. The minimum absolute atomic E-state index is 0.176. The predicted molar refractivity (Wildman–Crippen MR) is 35.4 cm³/mol. The number of rotatable bonds is 0. The third-order valence-corrected chi connectivity index (χ3v) is 1.58. The van der Waals surface area contributed by atoms with Crippen molar-refractivity contribution in [2.45, 2.75) is 12.8 Å². The summed E-state index contributed by atoms with van der Waals surface area (Å²) >= 11 is 0. The van der Waals surface area contributed by atoms with Crippen LogP contribution in [-0.4, -0.2) is 30.7 Å². The van der Waals surface area contributed by atoms with Crippen molar-refractivity contribution in [3.63, 3.8) is 0 Å². The second kappa shape index (κ2) is 2.17. The zero-order valence-electron chi connectivity index (χ0n) is 5.72. The van der Waals surface area contributed by atoms with E-state index in [1.807, 2.05) is 0 Å². The maximum Gasteiger partial charge on any atom is 0.228 e. The molecule has 0 atom stereocenters. The molecule has 1 saturated heterocycles. The van der Waals surface area contributed by atoms with Crippen molar-refractivity contribution in [1.82, 2.24) is 4.90 Å². The first-order chi connectivity index (χ1) is 4.25. The van der Waals surface area contributed by atoms with Gasteiger partial charge in [-0.1, -0.05) is 0 Å². The minimum atomic E-state index is 0.176. The average molecular weight is 126 g/mol. The molecule has 50 valence electrons. The molecule has 0 spiro atoms. The fourth-order valence-corrected chi connectivity index (χ4v) is 0.960. The van der Waals surface area contributed by atoms with Crippen molar-refractivity contribution in [3.8, 4) is 0 Å². The maximum atomic E-state index is 10.8. The molecule has 3 heteroatoms. The van der Waals surface area contributed by atoms with Crippen LogP contribution in [0.25, 0.3) is 0 Å². The molecule has 1 rings (SSSR count). The van der Waals surface area contributed by atoms with E-state index in [1.165, 1.54) is 0 Å². The molecule has 1 amide bonds. The smallest absolute Gasteiger partial charge is 0.228 e. The normalized spacial score (nSPS) is 24.0. The molecule has 0 aromatic carbocycles. The van der Waals surface area contributed by atoms with Crippen molar-refractivity contribution >= 4 is 11.7 Å². The Morgan fingerprint density at radius 1 is 1.56 bits per heavy atom. The van der Waals surface area contributed by atoms with E-state index < -0.39 is 0 Å². The summed E-state index contributed by atoms with van der Waals surface area (Å²) in [4.78, 5) is 16.3. The fourth-order valence-electron chi connectivity index (χ4n) is 0.960. The van der Waals surface area contributed by atoms with Crippen molar-refractivity contribution in [3.05, 3.63) is 0 Å². The molecule has 1 aliphatic heterocycles. The van der Waals surface area contributed by atoms with Crippen LogP contribution in [0.5, 0.6) is 0 Å². The zero-order valence-corrected chi connectivity index (χ0v) is 5.72. The largest absolute Gasteiger partial charge is 0.304 e. The molecular weight excluding hydrogens is 116 g/mol. The zero-order chi connectivity index (χ0) is 6.85. The van der Waals surface area contributed by atoms with E-state index in [0.29, 0.717) is 6.42 Å². The fraction of sp³-hybridized carbons (Fsp3) is 0.667. The molecule has 1 heterocycles. The number of aliphatic imine (C=N–C) groups is 1. The van der Waals surface area contributed by atoms with Gasteiger partial charge in [-0.25, -0.2) is 0 Å². The van der Waals surface area contributed by atoms with Crippen molar-refractivity contribution < 1.29 is 4.79 Å². The van der Waals surface area contributed by atoms with Gasteiger partial charge in [-0.2, -0.15) is 0 Å². The number of hydrogen-bond acceptors (Lipinski definition) is 2. The quantitative estimate of drug-likeness (QED) is 0.458. The summed E-state index contributed by atoms with van der Waals surface area (Å²) in [7, 11) is 3.47. The molecule has 0 unspecified atom stereocenters. The summed E-state index contributed by atoms with van der Waals surface area (Å²) in [5, 5.41) is 0. The molecular formula is C6H10N2O. The Balaban J connectivity index is 2.73. The third kappa shape index (κ3) is 0.943. The topological polar surface area (TPSA) is 32.7 Å². The van der Waals surface area contributed by atoms with Crippen LogP contribution in [-0.2, 0) is 4.79 Å². The lowest BCUT2D eigenvalue weighted by molar-refractivity contribution is -0.124. The molecule has 0 aromatic rings. The van der Waals surface area contributed by atoms with Gasteiger partial charge in [0.1, 0.15) is 5.84 Å². The van der Waals surface area contributed by atoms with Gasteiger partial charge in [-0.05, 0) is 0 Å². The number of carbonyl (C=O) groups is 1. The van der Waals surface area contributed by atoms with E-state index in [0.717, 1.165) is 12.3 Å². The van der Waals surface area contributed by atoms with Crippen molar-refractivity contribution in [1.29, 1.82) is 0 Å². The van der Waals surface area contributed by atoms with Crippen LogP contribution >= 0.6 is 0 Å². The van der Waals surface area contributed by atoms with Crippen LogP contribution < -0.4 is 0 Å². The lowest BCUT2D eigenvalue weighted by atomic mass is 10.4. The number of carbonyl (C=O) groups excluding carboxylic acids is 1. The first-order valence-electron chi connectivity index (χ1n) is 2.98. The van der Waals surface area contributed by atoms with Gasteiger partial charge in [0.25, 0.3) is 0 Å². The minimum Gasteiger partial charge on any atom is -0.304 e. The van der Waals surface area contributed by atoms with Crippen LogP contribution in [0.4, 0.5) is 0 Å². The van der Waals surface area contributed by atoms with Crippen molar-refractivity contribution in [2.24, 2.45) is 4.99 Å². The monoisotopic (exact) mass is 126 g/mol. The number of hydrogen-bond donors (Lipinski definition) is 0. The Bertz CT molecular complexity index is 162. The second-order valence-electron chi connectivity index (χ2n) is 2.09. The maximum absolute atomic E-state index is 10.8. The molecule has 0 aliphatic carbocycles. The van der Waals surface area contributed by atoms with Gasteiger partial charge in [0.05, 0.1) is 0 Å². The van der Waals surface area contributed by atoms with E-state index in [4.69, 9.17) is 0 Å². The summed E-state index contributed by atoms with van der Waals surface area (Å²) in [5.74, 6) is 1.08. The molecule has 0 saturated carbocycles. The van der Waals surface area contributed by atoms with Crippen molar-refractivity contribution in [2.75, 3.05) is 14.1 Å². The van der Waals surface area contributed by atoms with Gasteiger partial charge in [0.15, 0.2) is 0 Å². The lowest BCUT2D eigenvalue weighted by Gasteiger charge is -2.06. The van der Waals surface area contributed by atoms with Crippen LogP contribution in [0.15, 0.2) is 4.99 Å². The molecule has 0 radical (unpaired) electrons. The van der Waals surface area contributed by atoms with Crippen LogP contribution in [0.3, 0.4) is 0 Å². The van der Waals surface area contributed by atoms with Gasteiger partial charge >= 0.3 is 0 Å². The Labute approximate surface area is 54.4 Å². The first kappa shape index (κ1) is 6.26. The SMILES string of the molecule is C/N=C1\CCC(=O)N1C. The van der Waals surface area contributed by atoms with E-state index in [9.17, 15) is 4.79 Å². The third-order valence-electron chi connectivity index (χ3n) is 1.58. The molecule has 0 aromatic heterocycles. The van der Waals surface area contributed by atoms with Crippen LogP contribution in [0.2, 0.25) is 0 Å². The van der Waals surface area contributed by atoms with E-state index in [2.05, 4.69) is 4.99 Å². The average Bonchev–Trinajstić information content (AvgIpc) is 2.15. The number of amidine groups is 1. The molecule has 9 heavy (non-hydrogen) atoms. The second-order valence-corrected chi connectivity index (χ2v) is 2.09. The highest BCUT2D eigenvalue weighted by molar-refractivity contribution is 6.04. The van der Waals surface area contributed by atoms with E-state index in [1.54, 1.807) is 19.0 Å². The summed E-state index contributed by atoms with van der Waals surface area (Å²) in [6, 6.07) is 0.